The molecular weight excluding hydrogens is 374 g/mol. The predicted octanol–water partition coefficient (Wildman–Crippen LogP) is 2.92. The maximum atomic E-state index is 13.1. The van der Waals surface area contributed by atoms with Gasteiger partial charge in [0.15, 0.2) is 11.6 Å². The molecule has 1 aliphatic rings. The standard InChI is InChI=1S/C20H23N5O2S/c1-12-6-7-13(2)15(11-12)19(27)16-5-4-10-24(16)18(26)9-8-17-23-25-14(3)21-22-20(25)28-17/h6-7,11,16H,4-5,8-10H2,1-3H3. The Labute approximate surface area is 167 Å². The van der Waals surface area contributed by atoms with Crippen LogP contribution in [0.1, 0.15) is 51.6 Å². The van der Waals surface area contributed by atoms with Crippen LogP contribution in [0.25, 0.3) is 4.96 Å². The molecule has 0 radical (unpaired) electrons. The number of fused-ring (bicyclic) bond motifs is 1. The van der Waals surface area contributed by atoms with Crippen LogP contribution in [0.4, 0.5) is 0 Å². The van der Waals surface area contributed by atoms with Crippen molar-refractivity contribution in [2.45, 2.75) is 52.5 Å². The first-order valence-electron chi connectivity index (χ1n) is 9.52. The zero-order valence-corrected chi connectivity index (χ0v) is 17.1. The summed E-state index contributed by atoms with van der Waals surface area (Å²) in [5.74, 6) is 0.813. The number of aromatic nitrogens is 4. The number of carbonyl (C=O) groups is 2. The zero-order valence-electron chi connectivity index (χ0n) is 16.3. The van der Waals surface area contributed by atoms with Crippen molar-refractivity contribution in [1.29, 1.82) is 0 Å². The van der Waals surface area contributed by atoms with E-state index in [2.05, 4.69) is 15.3 Å². The molecule has 7 nitrogen and oxygen atoms in total. The maximum Gasteiger partial charge on any atom is 0.234 e. The average molecular weight is 398 g/mol. The normalized spacial score (nSPS) is 16.8. The third-order valence-corrected chi connectivity index (χ3v) is 6.23. The second-order valence-corrected chi connectivity index (χ2v) is 8.41. The average Bonchev–Trinajstić information content (AvgIpc) is 3.39. The van der Waals surface area contributed by atoms with E-state index in [-0.39, 0.29) is 17.7 Å². The van der Waals surface area contributed by atoms with Crippen LogP contribution in [0.2, 0.25) is 0 Å². The van der Waals surface area contributed by atoms with Crippen LogP contribution in [-0.4, -0.2) is 49.0 Å². The van der Waals surface area contributed by atoms with Crippen molar-refractivity contribution in [3.8, 4) is 0 Å². The molecule has 1 unspecified atom stereocenters. The molecule has 4 rings (SSSR count). The number of hydrogen-bond donors (Lipinski definition) is 0. The van der Waals surface area contributed by atoms with Crippen LogP contribution in [0, 0.1) is 20.8 Å². The van der Waals surface area contributed by atoms with Crippen molar-refractivity contribution >= 4 is 28.0 Å². The summed E-state index contributed by atoms with van der Waals surface area (Å²) in [6.07, 6.45) is 2.49. The summed E-state index contributed by atoms with van der Waals surface area (Å²) < 4.78 is 1.70. The van der Waals surface area contributed by atoms with Crippen molar-refractivity contribution in [2.24, 2.45) is 0 Å². The molecular formula is C20H23N5O2S. The van der Waals surface area contributed by atoms with Crippen LogP contribution in [0.15, 0.2) is 18.2 Å². The Bertz CT molecular complexity index is 1050. The zero-order chi connectivity index (χ0) is 19.8. The summed E-state index contributed by atoms with van der Waals surface area (Å²) in [6, 6.07) is 5.55. The Balaban J connectivity index is 1.45. The number of carbonyl (C=O) groups excluding carboxylic acids is 2. The van der Waals surface area contributed by atoms with Gasteiger partial charge in [0.2, 0.25) is 10.9 Å². The Morgan fingerprint density at radius 3 is 2.82 bits per heavy atom. The van der Waals surface area contributed by atoms with E-state index < -0.39 is 0 Å². The highest BCUT2D eigenvalue weighted by atomic mass is 32.1. The van der Waals surface area contributed by atoms with E-state index in [0.29, 0.717) is 19.4 Å². The molecule has 1 saturated heterocycles. The Morgan fingerprint density at radius 2 is 2.04 bits per heavy atom. The second kappa shape index (κ2) is 7.43. The first-order valence-corrected chi connectivity index (χ1v) is 10.3. The molecule has 1 aliphatic heterocycles. The minimum Gasteiger partial charge on any atom is -0.332 e. The molecule has 0 spiro atoms. The van der Waals surface area contributed by atoms with Crippen LogP contribution >= 0.6 is 11.3 Å². The summed E-state index contributed by atoms with van der Waals surface area (Å²) in [6.45, 7) is 6.42. The van der Waals surface area contributed by atoms with E-state index in [1.807, 2.05) is 39.0 Å². The van der Waals surface area contributed by atoms with Gasteiger partial charge in [-0.25, -0.2) is 0 Å². The summed E-state index contributed by atoms with van der Waals surface area (Å²) in [5, 5.41) is 13.4. The van der Waals surface area contributed by atoms with Crippen molar-refractivity contribution in [2.75, 3.05) is 6.54 Å². The molecule has 0 saturated carbocycles. The van der Waals surface area contributed by atoms with Crippen molar-refractivity contribution in [3.63, 3.8) is 0 Å². The number of rotatable bonds is 5. The maximum absolute atomic E-state index is 13.1. The lowest BCUT2D eigenvalue weighted by Crippen LogP contribution is -2.40. The summed E-state index contributed by atoms with van der Waals surface area (Å²) >= 11 is 1.45. The molecule has 3 aromatic rings. The second-order valence-electron chi connectivity index (χ2n) is 7.37. The Morgan fingerprint density at radius 1 is 1.21 bits per heavy atom. The first-order chi connectivity index (χ1) is 13.4. The van der Waals surface area contributed by atoms with Crippen LogP contribution in [0.5, 0.6) is 0 Å². The predicted molar refractivity (Wildman–Crippen MR) is 107 cm³/mol. The first kappa shape index (κ1) is 18.7. The molecule has 1 atom stereocenters. The third-order valence-electron chi connectivity index (χ3n) is 5.28. The van der Waals surface area contributed by atoms with E-state index >= 15 is 0 Å². The number of nitrogens with zero attached hydrogens (tertiary/aromatic N) is 5. The minimum atomic E-state index is -0.354. The van der Waals surface area contributed by atoms with Crippen LogP contribution < -0.4 is 0 Å². The third kappa shape index (κ3) is 3.44. The summed E-state index contributed by atoms with van der Waals surface area (Å²) in [7, 11) is 0. The fraction of sp³-hybridized carbons (Fsp3) is 0.450. The van der Waals surface area contributed by atoms with Gasteiger partial charge in [0.25, 0.3) is 0 Å². The minimum absolute atomic E-state index is 0.0174. The molecule has 0 bridgehead atoms. The lowest BCUT2D eigenvalue weighted by atomic mass is 9.96. The number of amides is 1. The summed E-state index contributed by atoms with van der Waals surface area (Å²) in [5.41, 5.74) is 2.75. The quantitative estimate of drug-likeness (QED) is 0.619. The van der Waals surface area contributed by atoms with Crippen molar-refractivity contribution < 1.29 is 9.59 Å². The topological polar surface area (TPSA) is 80.5 Å². The van der Waals surface area contributed by atoms with Gasteiger partial charge in [-0.3, -0.25) is 9.59 Å². The molecule has 3 heterocycles. The number of ketones is 1. The highest BCUT2D eigenvalue weighted by Crippen LogP contribution is 2.25. The number of likely N-dealkylation sites (tertiary alicyclic amines) is 1. The molecule has 1 aromatic carbocycles. The molecule has 0 aliphatic carbocycles. The SMILES string of the molecule is Cc1ccc(C)c(C(=O)C2CCCN2C(=O)CCc2nn3c(C)nnc3s2)c1. The fourth-order valence-corrected chi connectivity index (χ4v) is 4.61. The van der Waals surface area contributed by atoms with E-state index in [9.17, 15) is 9.59 Å². The smallest absolute Gasteiger partial charge is 0.234 e. The molecule has 28 heavy (non-hydrogen) atoms. The van der Waals surface area contributed by atoms with Crippen molar-refractivity contribution in [3.05, 3.63) is 45.7 Å². The van der Waals surface area contributed by atoms with Gasteiger partial charge in [0.1, 0.15) is 5.01 Å². The van der Waals surface area contributed by atoms with Gasteiger partial charge in [0, 0.05) is 24.9 Å². The van der Waals surface area contributed by atoms with E-state index in [0.717, 1.165) is 45.3 Å². The highest BCUT2D eigenvalue weighted by Gasteiger charge is 2.34. The Kier molecular flexibility index (Phi) is 4.97. The molecule has 8 heteroatoms. The fourth-order valence-electron chi connectivity index (χ4n) is 3.73. The van der Waals surface area contributed by atoms with E-state index in [1.165, 1.54) is 11.3 Å². The van der Waals surface area contributed by atoms with Crippen molar-refractivity contribution in [1.82, 2.24) is 24.7 Å². The lowest BCUT2D eigenvalue weighted by Gasteiger charge is -2.24. The van der Waals surface area contributed by atoms with Gasteiger partial charge in [-0.05, 0) is 45.2 Å². The number of benzene rings is 1. The van der Waals surface area contributed by atoms with E-state index in [1.54, 1.807) is 9.42 Å². The summed E-state index contributed by atoms with van der Waals surface area (Å²) in [4.78, 5) is 28.5. The van der Waals surface area contributed by atoms with Gasteiger partial charge < -0.3 is 4.90 Å². The monoisotopic (exact) mass is 397 g/mol. The Hall–Kier alpha value is -2.61. The van der Waals surface area contributed by atoms with Gasteiger partial charge in [-0.1, -0.05) is 29.0 Å². The van der Waals surface area contributed by atoms with Gasteiger partial charge >= 0.3 is 0 Å². The highest BCUT2D eigenvalue weighted by molar-refractivity contribution is 7.16. The number of aryl methyl sites for hydroxylation is 4. The lowest BCUT2D eigenvalue weighted by molar-refractivity contribution is -0.131. The van der Waals surface area contributed by atoms with Gasteiger partial charge in [-0.15, -0.1) is 10.2 Å². The number of hydrogen-bond acceptors (Lipinski definition) is 6. The molecule has 1 fully saturated rings. The molecule has 146 valence electrons. The van der Waals surface area contributed by atoms with Crippen LogP contribution in [0.3, 0.4) is 0 Å². The van der Waals surface area contributed by atoms with Gasteiger partial charge in [0.05, 0.1) is 6.04 Å². The molecule has 2 aromatic heterocycles. The van der Waals surface area contributed by atoms with Gasteiger partial charge in [-0.2, -0.15) is 9.61 Å². The largest absolute Gasteiger partial charge is 0.332 e. The van der Waals surface area contributed by atoms with E-state index in [4.69, 9.17) is 0 Å². The molecule has 0 N–H and O–H groups in total. The van der Waals surface area contributed by atoms with Crippen LogP contribution in [-0.2, 0) is 11.2 Å². The number of Topliss-reactive ketones (excluding diaryl/α,β-unsaturated/α-hetero) is 1. The molecule has 1 amide bonds.